The van der Waals surface area contributed by atoms with E-state index in [1.165, 1.54) is 0 Å². The number of imide groups is 1. The molecule has 2 aromatic rings. The average Bonchev–Trinajstić information content (AvgIpc) is 2.89. The topological polar surface area (TPSA) is 79.0 Å². The molecule has 0 aromatic carbocycles. The minimum Gasteiger partial charge on any atom is -0.276 e. The molecule has 0 unspecified atom stereocenters. The average molecular weight is 295 g/mol. The van der Waals surface area contributed by atoms with Crippen molar-refractivity contribution in [2.24, 2.45) is 0 Å². The third-order valence-electron chi connectivity index (χ3n) is 2.68. The second kappa shape index (κ2) is 3.63. The molecule has 86 valence electrons. The van der Waals surface area contributed by atoms with Crippen LogP contribution in [0.25, 0.3) is 10.9 Å². The second-order valence-corrected chi connectivity index (χ2v) is 4.57. The first-order valence-corrected chi connectivity index (χ1v) is 5.81. The van der Waals surface area contributed by atoms with E-state index in [4.69, 9.17) is 0 Å². The first-order valence-electron chi connectivity index (χ1n) is 5.02. The third-order valence-corrected chi connectivity index (χ3v) is 3.28. The summed E-state index contributed by atoms with van der Waals surface area (Å²) >= 11 is 3.33. The number of rotatable bonds is 1. The number of hydrogen-bond acceptors (Lipinski definition) is 4. The molecule has 3 heterocycles. The van der Waals surface area contributed by atoms with Crippen molar-refractivity contribution in [1.82, 2.24) is 15.2 Å². The Morgan fingerprint density at radius 1 is 1.24 bits per heavy atom. The van der Waals surface area contributed by atoms with Gasteiger partial charge in [0, 0.05) is 19.0 Å². The molecule has 0 aliphatic carbocycles. The van der Waals surface area contributed by atoms with Crippen LogP contribution in [-0.4, -0.2) is 27.0 Å². The van der Waals surface area contributed by atoms with Crippen LogP contribution in [0.5, 0.6) is 0 Å². The molecule has 1 aliphatic heterocycles. The first kappa shape index (κ1) is 10.4. The fraction of sp³-hybridized carbons (Fsp3) is 0.200. The molecule has 3 rings (SSSR count). The molecule has 2 aromatic heterocycles. The molecule has 17 heavy (non-hydrogen) atoms. The lowest BCUT2D eigenvalue weighted by molar-refractivity contribution is -0.121. The van der Waals surface area contributed by atoms with E-state index in [0.717, 1.165) is 14.9 Å². The molecule has 1 N–H and O–H groups in total. The lowest BCUT2D eigenvalue weighted by atomic mass is 10.3. The summed E-state index contributed by atoms with van der Waals surface area (Å²) in [6.45, 7) is 0. The van der Waals surface area contributed by atoms with E-state index < -0.39 is 0 Å². The molecular weight excluding hydrogens is 288 g/mol. The number of amides is 2. The van der Waals surface area contributed by atoms with E-state index in [1.807, 2.05) is 0 Å². The molecule has 7 heteroatoms. The summed E-state index contributed by atoms with van der Waals surface area (Å²) in [5, 5.41) is 7.35. The van der Waals surface area contributed by atoms with E-state index in [0.29, 0.717) is 11.2 Å². The monoisotopic (exact) mass is 294 g/mol. The van der Waals surface area contributed by atoms with E-state index >= 15 is 0 Å². The summed E-state index contributed by atoms with van der Waals surface area (Å²) in [6.07, 6.45) is 3.60. The molecule has 0 spiro atoms. The molecule has 1 fully saturated rings. The lowest BCUT2D eigenvalue weighted by Crippen LogP contribution is -2.29. The number of carbonyl (C=O) groups excluding carboxylic acids is 2. The van der Waals surface area contributed by atoms with Gasteiger partial charge in [-0.2, -0.15) is 5.10 Å². The van der Waals surface area contributed by atoms with Crippen LogP contribution in [0.3, 0.4) is 0 Å². The van der Waals surface area contributed by atoms with Crippen LogP contribution < -0.4 is 4.90 Å². The maximum Gasteiger partial charge on any atom is 0.235 e. The van der Waals surface area contributed by atoms with Crippen molar-refractivity contribution in [3.63, 3.8) is 0 Å². The van der Waals surface area contributed by atoms with Gasteiger partial charge in [0.15, 0.2) is 5.82 Å². The number of aromatic nitrogens is 3. The fourth-order valence-corrected chi connectivity index (χ4v) is 2.29. The fourth-order valence-electron chi connectivity index (χ4n) is 1.88. The van der Waals surface area contributed by atoms with Crippen molar-refractivity contribution < 1.29 is 9.59 Å². The highest BCUT2D eigenvalue weighted by atomic mass is 79.9. The van der Waals surface area contributed by atoms with Crippen molar-refractivity contribution in [2.75, 3.05) is 4.90 Å². The van der Waals surface area contributed by atoms with Gasteiger partial charge >= 0.3 is 0 Å². The van der Waals surface area contributed by atoms with Crippen LogP contribution in [-0.2, 0) is 9.59 Å². The highest BCUT2D eigenvalue weighted by Crippen LogP contribution is 2.30. The van der Waals surface area contributed by atoms with Gasteiger partial charge in [0.25, 0.3) is 0 Å². The van der Waals surface area contributed by atoms with Crippen LogP contribution in [0.2, 0.25) is 0 Å². The molecule has 1 aliphatic rings. The largest absolute Gasteiger partial charge is 0.276 e. The van der Waals surface area contributed by atoms with Gasteiger partial charge in [0.05, 0.1) is 21.6 Å². The maximum absolute atomic E-state index is 11.7. The van der Waals surface area contributed by atoms with E-state index in [9.17, 15) is 9.59 Å². The van der Waals surface area contributed by atoms with E-state index in [1.54, 1.807) is 12.4 Å². The Labute approximate surface area is 104 Å². The molecular formula is C10H7BrN4O2. The summed E-state index contributed by atoms with van der Waals surface area (Å²) in [7, 11) is 0. The number of halogens is 1. The van der Waals surface area contributed by atoms with E-state index in [-0.39, 0.29) is 24.7 Å². The first-order chi connectivity index (χ1) is 8.18. The summed E-state index contributed by atoms with van der Waals surface area (Å²) in [4.78, 5) is 28.6. The van der Waals surface area contributed by atoms with Gasteiger partial charge in [-0.05, 0) is 15.9 Å². The summed E-state index contributed by atoms with van der Waals surface area (Å²) in [6, 6.07) is 0. The van der Waals surface area contributed by atoms with Crippen LogP contribution in [0, 0.1) is 0 Å². The number of nitrogens with zero attached hydrogens (tertiary/aromatic N) is 3. The minimum atomic E-state index is -0.215. The predicted octanol–water partition coefficient (Wildman–Crippen LogP) is 1.37. The lowest BCUT2D eigenvalue weighted by Gasteiger charge is -2.13. The number of hydrogen-bond donors (Lipinski definition) is 1. The van der Waals surface area contributed by atoms with Gasteiger partial charge in [-0.15, -0.1) is 0 Å². The van der Waals surface area contributed by atoms with Crippen molar-refractivity contribution in [1.29, 1.82) is 0 Å². The quantitative estimate of drug-likeness (QED) is 0.806. The number of carbonyl (C=O) groups is 2. The Balaban J connectivity index is 2.24. The van der Waals surface area contributed by atoms with Gasteiger partial charge in [-0.3, -0.25) is 14.7 Å². The van der Waals surface area contributed by atoms with Gasteiger partial charge in [-0.1, -0.05) is 0 Å². The zero-order chi connectivity index (χ0) is 12.0. The number of aromatic amines is 1. The SMILES string of the molecule is O=C1CCC(=O)N1c1ncc(Br)c2[nH]ncc12. The highest BCUT2D eigenvalue weighted by Gasteiger charge is 2.32. The Kier molecular flexibility index (Phi) is 2.22. The summed E-state index contributed by atoms with van der Waals surface area (Å²) < 4.78 is 0.743. The standard InChI is InChI=1S/C10H7BrN4O2/c11-6-4-12-10(5-3-13-14-9(5)6)15-7(16)1-2-8(15)17/h3-4H,1-2H2,(H,13,14). The zero-order valence-corrected chi connectivity index (χ0v) is 10.2. The number of pyridine rings is 1. The van der Waals surface area contributed by atoms with Crippen molar-refractivity contribution in [3.8, 4) is 0 Å². The molecule has 0 radical (unpaired) electrons. The van der Waals surface area contributed by atoms with Gasteiger partial charge in [0.1, 0.15) is 0 Å². The number of anilines is 1. The second-order valence-electron chi connectivity index (χ2n) is 3.71. The molecule has 0 bridgehead atoms. The Bertz CT molecular complexity index is 620. The third kappa shape index (κ3) is 1.46. The Morgan fingerprint density at radius 3 is 2.65 bits per heavy atom. The molecule has 6 nitrogen and oxygen atoms in total. The van der Waals surface area contributed by atoms with Gasteiger partial charge < -0.3 is 0 Å². The van der Waals surface area contributed by atoms with Gasteiger partial charge in [0.2, 0.25) is 11.8 Å². The Morgan fingerprint density at radius 2 is 1.94 bits per heavy atom. The zero-order valence-electron chi connectivity index (χ0n) is 8.61. The van der Waals surface area contributed by atoms with Gasteiger partial charge in [-0.25, -0.2) is 9.88 Å². The van der Waals surface area contributed by atoms with E-state index in [2.05, 4.69) is 31.1 Å². The summed E-state index contributed by atoms with van der Waals surface area (Å²) in [5.74, 6) is -0.0795. The smallest absolute Gasteiger partial charge is 0.235 e. The minimum absolute atomic E-state index is 0.215. The Hall–Kier alpha value is -1.76. The van der Waals surface area contributed by atoms with Crippen molar-refractivity contribution in [2.45, 2.75) is 12.8 Å². The summed E-state index contributed by atoms with van der Waals surface area (Å²) in [5.41, 5.74) is 0.725. The number of nitrogens with one attached hydrogen (secondary N) is 1. The van der Waals surface area contributed by atoms with Crippen LogP contribution in [0.4, 0.5) is 5.82 Å². The predicted molar refractivity (Wildman–Crippen MR) is 63.3 cm³/mol. The maximum atomic E-state index is 11.7. The van der Waals surface area contributed by atoms with Crippen molar-refractivity contribution in [3.05, 3.63) is 16.9 Å². The number of fused-ring (bicyclic) bond motifs is 1. The highest BCUT2D eigenvalue weighted by molar-refractivity contribution is 9.10. The van der Waals surface area contributed by atoms with Crippen molar-refractivity contribution >= 4 is 44.5 Å². The normalized spacial score (nSPS) is 16.2. The van der Waals surface area contributed by atoms with Crippen LogP contribution in [0.15, 0.2) is 16.9 Å². The van der Waals surface area contributed by atoms with Crippen LogP contribution >= 0.6 is 15.9 Å². The molecule has 1 saturated heterocycles. The van der Waals surface area contributed by atoms with Crippen LogP contribution in [0.1, 0.15) is 12.8 Å². The number of H-pyrrole nitrogens is 1. The molecule has 2 amide bonds. The molecule has 0 saturated carbocycles. The molecule has 0 atom stereocenters.